The lowest BCUT2D eigenvalue weighted by molar-refractivity contribution is -0.131. The number of benzene rings is 1. The van der Waals surface area contributed by atoms with Gasteiger partial charge in [0.15, 0.2) is 11.6 Å². The lowest BCUT2D eigenvalue weighted by atomic mass is 10.1. The first-order chi connectivity index (χ1) is 14.5. The molecule has 0 radical (unpaired) electrons. The molecule has 1 N–H and O–H groups in total. The average Bonchev–Trinajstić information content (AvgIpc) is 2.78. The van der Waals surface area contributed by atoms with Crippen molar-refractivity contribution >= 4 is 11.8 Å². The zero-order valence-corrected chi connectivity index (χ0v) is 17.2. The second-order valence-electron chi connectivity index (χ2n) is 7.61. The van der Waals surface area contributed by atoms with E-state index in [1.807, 2.05) is 0 Å². The largest absolute Gasteiger partial charge is 0.379 e. The first kappa shape index (κ1) is 22.6. The van der Waals surface area contributed by atoms with Crippen LogP contribution in [0.25, 0.3) is 0 Å². The first-order valence-electron chi connectivity index (χ1n) is 10.6. The number of nitrogens with one attached hydrogen (secondary N) is 1. The summed E-state index contributed by atoms with van der Waals surface area (Å²) in [5.41, 5.74) is 0.0925. The van der Waals surface area contributed by atoms with Crippen molar-refractivity contribution in [2.75, 3.05) is 72.1 Å². The molecule has 0 unspecified atom stereocenters. The molecule has 0 aromatic heterocycles. The van der Waals surface area contributed by atoms with Gasteiger partial charge >= 0.3 is 0 Å². The molecule has 0 saturated carbocycles. The monoisotopic (exact) mass is 424 g/mol. The highest BCUT2D eigenvalue weighted by Gasteiger charge is 2.22. The van der Waals surface area contributed by atoms with E-state index in [1.54, 1.807) is 9.80 Å². The normalized spacial score (nSPS) is 17.7. The van der Waals surface area contributed by atoms with E-state index in [9.17, 15) is 18.4 Å². The molecule has 2 amide bonds. The van der Waals surface area contributed by atoms with E-state index in [0.717, 1.165) is 51.3 Å². The van der Waals surface area contributed by atoms with Crippen LogP contribution in [0.4, 0.5) is 8.78 Å². The van der Waals surface area contributed by atoms with Gasteiger partial charge < -0.3 is 19.9 Å². The fourth-order valence-electron chi connectivity index (χ4n) is 3.74. The zero-order valence-electron chi connectivity index (χ0n) is 17.2. The third kappa shape index (κ3) is 6.45. The minimum Gasteiger partial charge on any atom is -0.379 e. The summed E-state index contributed by atoms with van der Waals surface area (Å²) in [6.07, 6.45) is 0.949. The van der Waals surface area contributed by atoms with Crippen LogP contribution in [-0.2, 0) is 9.53 Å². The molecule has 2 aliphatic heterocycles. The maximum Gasteiger partial charge on any atom is 0.253 e. The van der Waals surface area contributed by atoms with Gasteiger partial charge in [-0.25, -0.2) is 8.78 Å². The fourth-order valence-corrected chi connectivity index (χ4v) is 3.74. The molecule has 1 aromatic rings. The lowest BCUT2D eigenvalue weighted by Gasteiger charge is -2.30. The minimum atomic E-state index is -1.05. The number of piperazine rings is 1. The van der Waals surface area contributed by atoms with Gasteiger partial charge in [-0.15, -0.1) is 0 Å². The zero-order chi connectivity index (χ0) is 21.3. The second-order valence-corrected chi connectivity index (χ2v) is 7.61. The number of carbonyl (C=O) groups is 2. The summed E-state index contributed by atoms with van der Waals surface area (Å²) in [4.78, 5) is 31.1. The number of nitrogens with zero attached hydrogens (tertiary/aromatic N) is 3. The van der Waals surface area contributed by atoms with Crippen LogP contribution in [0.5, 0.6) is 0 Å². The number of carbonyl (C=O) groups excluding carboxylic acids is 2. The number of ether oxygens (including phenoxy) is 1. The number of halogens is 2. The van der Waals surface area contributed by atoms with Crippen molar-refractivity contribution < 1.29 is 23.1 Å². The van der Waals surface area contributed by atoms with E-state index in [1.165, 1.54) is 6.07 Å². The second kappa shape index (κ2) is 11.3. The molecule has 0 spiro atoms. The molecule has 2 aliphatic rings. The Balaban J connectivity index is 1.59. The maximum absolute atomic E-state index is 13.6. The summed E-state index contributed by atoms with van der Waals surface area (Å²) in [6.45, 7) is 7.50. The topological polar surface area (TPSA) is 65.1 Å². The number of rotatable bonds is 8. The van der Waals surface area contributed by atoms with E-state index in [2.05, 4.69) is 10.2 Å². The molecular weight excluding hydrogens is 394 g/mol. The Hall–Kier alpha value is -2.10. The van der Waals surface area contributed by atoms with Gasteiger partial charge in [0.1, 0.15) is 0 Å². The third-order valence-corrected chi connectivity index (χ3v) is 5.53. The van der Waals surface area contributed by atoms with E-state index in [0.29, 0.717) is 32.8 Å². The highest BCUT2D eigenvalue weighted by molar-refractivity contribution is 5.94. The van der Waals surface area contributed by atoms with Crippen LogP contribution >= 0.6 is 0 Å². The van der Waals surface area contributed by atoms with Crippen molar-refractivity contribution in [3.05, 3.63) is 35.4 Å². The van der Waals surface area contributed by atoms with Crippen LogP contribution in [0.1, 0.15) is 23.2 Å². The van der Waals surface area contributed by atoms with Crippen LogP contribution < -0.4 is 5.32 Å². The smallest absolute Gasteiger partial charge is 0.253 e. The lowest BCUT2D eigenvalue weighted by Crippen LogP contribution is -2.47. The molecule has 2 saturated heterocycles. The molecule has 2 fully saturated rings. The van der Waals surface area contributed by atoms with Gasteiger partial charge in [-0.2, -0.15) is 0 Å². The minimum absolute atomic E-state index is 0.00719. The predicted octanol–water partition coefficient (Wildman–Crippen LogP) is 0.951. The van der Waals surface area contributed by atoms with Crippen molar-refractivity contribution in [1.29, 1.82) is 0 Å². The SMILES string of the molecule is O=C(CCN(CCCN1CCOCC1)C(=O)c1ccc(F)c(F)c1)N1CCNCC1. The number of amides is 2. The molecule has 2 heterocycles. The molecular formula is C21H30F2N4O3. The Morgan fingerprint density at radius 3 is 2.47 bits per heavy atom. The highest BCUT2D eigenvalue weighted by atomic mass is 19.2. The van der Waals surface area contributed by atoms with Crippen molar-refractivity contribution in [3.8, 4) is 0 Å². The quantitative estimate of drug-likeness (QED) is 0.673. The van der Waals surface area contributed by atoms with Gasteiger partial charge in [0, 0.05) is 70.9 Å². The summed E-state index contributed by atoms with van der Waals surface area (Å²) >= 11 is 0. The van der Waals surface area contributed by atoms with Crippen LogP contribution in [0.2, 0.25) is 0 Å². The predicted molar refractivity (Wildman–Crippen MR) is 108 cm³/mol. The van der Waals surface area contributed by atoms with Gasteiger partial charge in [-0.3, -0.25) is 14.5 Å². The Kier molecular flexibility index (Phi) is 8.53. The molecule has 0 bridgehead atoms. The summed E-state index contributed by atoms with van der Waals surface area (Å²) in [5.74, 6) is -2.41. The standard InChI is InChI=1S/C21H30F2N4O3/c22-18-3-2-17(16-19(18)23)21(29)27(8-1-7-25-12-14-30-15-13-25)9-4-20(28)26-10-5-24-6-11-26/h2-3,16,24H,1,4-15H2. The van der Waals surface area contributed by atoms with E-state index in [-0.39, 0.29) is 30.3 Å². The number of hydrogen-bond donors (Lipinski definition) is 1. The molecule has 3 rings (SSSR count). The van der Waals surface area contributed by atoms with Crippen LogP contribution in [0.15, 0.2) is 18.2 Å². The van der Waals surface area contributed by atoms with Crippen molar-refractivity contribution in [1.82, 2.24) is 20.0 Å². The van der Waals surface area contributed by atoms with Gasteiger partial charge in [-0.1, -0.05) is 0 Å². The van der Waals surface area contributed by atoms with Crippen molar-refractivity contribution in [3.63, 3.8) is 0 Å². The van der Waals surface area contributed by atoms with E-state index in [4.69, 9.17) is 4.74 Å². The van der Waals surface area contributed by atoms with Gasteiger partial charge in [0.25, 0.3) is 5.91 Å². The van der Waals surface area contributed by atoms with Crippen LogP contribution in [-0.4, -0.2) is 98.6 Å². The molecule has 166 valence electrons. The summed E-state index contributed by atoms with van der Waals surface area (Å²) in [6, 6.07) is 3.17. The van der Waals surface area contributed by atoms with Crippen LogP contribution in [0, 0.1) is 11.6 Å². The molecule has 1 aromatic carbocycles. The Morgan fingerprint density at radius 1 is 1.03 bits per heavy atom. The summed E-state index contributed by atoms with van der Waals surface area (Å²) in [7, 11) is 0. The Morgan fingerprint density at radius 2 is 1.77 bits per heavy atom. The third-order valence-electron chi connectivity index (χ3n) is 5.53. The van der Waals surface area contributed by atoms with Gasteiger partial charge in [-0.05, 0) is 24.6 Å². The summed E-state index contributed by atoms with van der Waals surface area (Å²) in [5, 5.41) is 3.20. The van der Waals surface area contributed by atoms with Gasteiger partial charge in [0.05, 0.1) is 13.2 Å². The molecule has 0 aliphatic carbocycles. The number of morpholine rings is 1. The highest BCUT2D eigenvalue weighted by Crippen LogP contribution is 2.13. The molecule has 7 nitrogen and oxygen atoms in total. The van der Waals surface area contributed by atoms with Crippen LogP contribution in [0.3, 0.4) is 0 Å². The first-order valence-corrected chi connectivity index (χ1v) is 10.6. The molecule has 30 heavy (non-hydrogen) atoms. The number of hydrogen-bond acceptors (Lipinski definition) is 5. The fraction of sp³-hybridized carbons (Fsp3) is 0.619. The average molecular weight is 424 g/mol. The molecule has 9 heteroatoms. The Bertz CT molecular complexity index is 722. The summed E-state index contributed by atoms with van der Waals surface area (Å²) < 4.78 is 32.2. The molecule has 0 atom stereocenters. The van der Waals surface area contributed by atoms with Crippen molar-refractivity contribution in [2.24, 2.45) is 0 Å². The Labute approximate surface area is 175 Å². The maximum atomic E-state index is 13.6. The van der Waals surface area contributed by atoms with Gasteiger partial charge in [0.2, 0.25) is 5.91 Å². The van der Waals surface area contributed by atoms with Crippen molar-refractivity contribution in [2.45, 2.75) is 12.8 Å². The van der Waals surface area contributed by atoms with E-state index >= 15 is 0 Å². The van der Waals surface area contributed by atoms with E-state index < -0.39 is 11.6 Å².